The van der Waals surface area contributed by atoms with Gasteiger partial charge in [-0.25, -0.2) is 0 Å². The topological polar surface area (TPSA) is 73.6 Å². The zero-order valence-corrected chi connectivity index (χ0v) is 17.4. The monoisotopic (exact) mass is 407 g/mol. The van der Waals surface area contributed by atoms with Gasteiger partial charge in [0.25, 0.3) is 5.91 Å². The summed E-state index contributed by atoms with van der Waals surface area (Å²) in [6.45, 7) is 2.25. The van der Waals surface area contributed by atoms with Gasteiger partial charge in [0.2, 0.25) is 5.91 Å². The van der Waals surface area contributed by atoms with Crippen LogP contribution in [0.15, 0.2) is 24.3 Å². The van der Waals surface area contributed by atoms with Gasteiger partial charge < -0.3 is 14.5 Å². The fourth-order valence-electron chi connectivity index (χ4n) is 6.78. The molecule has 0 aromatic heterocycles. The fraction of sp³-hybridized carbons (Fsp3) is 0.625. The molecule has 0 radical (unpaired) electrons. The summed E-state index contributed by atoms with van der Waals surface area (Å²) >= 11 is 0. The second-order valence-electron chi connectivity index (χ2n) is 9.77. The van der Waals surface area contributed by atoms with Crippen LogP contribution in [0, 0.1) is 34.5 Å². The van der Waals surface area contributed by atoms with Crippen molar-refractivity contribution in [2.45, 2.75) is 38.5 Å². The summed E-state index contributed by atoms with van der Waals surface area (Å²) in [5.41, 5.74) is 0.321. The Morgan fingerprint density at radius 3 is 2.13 bits per heavy atom. The van der Waals surface area contributed by atoms with E-state index in [2.05, 4.69) is 6.07 Å². The first kappa shape index (κ1) is 19.4. The number of benzene rings is 1. The van der Waals surface area contributed by atoms with Crippen LogP contribution in [0.3, 0.4) is 0 Å². The van der Waals surface area contributed by atoms with Crippen molar-refractivity contribution < 1.29 is 14.3 Å². The van der Waals surface area contributed by atoms with E-state index in [1.54, 1.807) is 29.2 Å². The van der Waals surface area contributed by atoms with Crippen LogP contribution in [-0.4, -0.2) is 54.4 Å². The highest BCUT2D eigenvalue weighted by molar-refractivity contribution is 5.84. The van der Waals surface area contributed by atoms with Gasteiger partial charge in [0.1, 0.15) is 11.8 Å². The van der Waals surface area contributed by atoms with Crippen LogP contribution in [-0.2, 0) is 9.59 Å². The van der Waals surface area contributed by atoms with Gasteiger partial charge in [0, 0.05) is 26.2 Å². The van der Waals surface area contributed by atoms with Gasteiger partial charge in [0.15, 0.2) is 6.61 Å². The lowest BCUT2D eigenvalue weighted by Crippen LogP contribution is -2.58. The number of piperazine rings is 1. The number of ether oxygens (including phenoxy) is 1. The molecule has 1 heterocycles. The minimum absolute atomic E-state index is 0.0817. The maximum Gasteiger partial charge on any atom is 0.260 e. The molecule has 30 heavy (non-hydrogen) atoms. The van der Waals surface area contributed by atoms with Gasteiger partial charge in [-0.2, -0.15) is 5.26 Å². The summed E-state index contributed by atoms with van der Waals surface area (Å²) in [6, 6.07) is 9.01. The Bertz CT molecular complexity index is 847. The molecule has 5 aliphatic rings. The van der Waals surface area contributed by atoms with E-state index in [0.717, 1.165) is 37.0 Å². The van der Waals surface area contributed by atoms with Gasteiger partial charge >= 0.3 is 0 Å². The Hall–Kier alpha value is -2.55. The number of amides is 2. The second-order valence-corrected chi connectivity index (χ2v) is 9.77. The van der Waals surface area contributed by atoms with Crippen molar-refractivity contribution in [3.05, 3.63) is 29.8 Å². The third-order valence-corrected chi connectivity index (χ3v) is 7.77. The Balaban J connectivity index is 1.15. The first-order valence-corrected chi connectivity index (χ1v) is 11.3. The summed E-state index contributed by atoms with van der Waals surface area (Å²) < 4.78 is 5.59. The van der Waals surface area contributed by atoms with Crippen molar-refractivity contribution in [1.29, 1.82) is 5.26 Å². The molecule has 4 bridgehead atoms. The van der Waals surface area contributed by atoms with Crippen LogP contribution in [0.4, 0.5) is 0 Å². The molecule has 1 saturated heterocycles. The van der Waals surface area contributed by atoms with Gasteiger partial charge in [-0.3, -0.25) is 9.59 Å². The predicted molar refractivity (Wildman–Crippen MR) is 110 cm³/mol. The van der Waals surface area contributed by atoms with Crippen LogP contribution in [0.5, 0.6) is 5.75 Å². The molecule has 0 unspecified atom stereocenters. The normalized spacial score (nSPS) is 32.0. The molecule has 4 saturated carbocycles. The van der Waals surface area contributed by atoms with E-state index in [0.29, 0.717) is 43.4 Å². The second kappa shape index (κ2) is 7.61. The van der Waals surface area contributed by atoms with E-state index >= 15 is 0 Å². The van der Waals surface area contributed by atoms with Crippen LogP contribution < -0.4 is 4.74 Å². The lowest BCUT2D eigenvalue weighted by Gasteiger charge is -2.57. The van der Waals surface area contributed by atoms with E-state index in [1.807, 2.05) is 4.90 Å². The molecule has 6 heteroatoms. The number of hydrogen-bond donors (Lipinski definition) is 0. The lowest BCUT2D eigenvalue weighted by atomic mass is 9.49. The first-order chi connectivity index (χ1) is 14.6. The number of rotatable bonds is 4. The molecule has 0 atom stereocenters. The number of para-hydroxylation sites is 1. The highest BCUT2D eigenvalue weighted by Crippen LogP contribution is 2.60. The molecule has 6 rings (SSSR count). The maximum absolute atomic E-state index is 13.5. The average molecular weight is 408 g/mol. The molecule has 0 N–H and O–H groups in total. The summed E-state index contributed by atoms with van der Waals surface area (Å²) in [7, 11) is 0. The third-order valence-electron chi connectivity index (χ3n) is 7.77. The number of nitrogens with zero attached hydrogens (tertiary/aromatic N) is 3. The SMILES string of the molecule is N#Cc1ccccc1OCC(=O)N1CCN(C(=O)C23CC4CC(CC(C4)C2)C3)CC1. The van der Waals surface area contributed by atoms with E-state index in [4.69, 9.17) is 10.00 Å². The Morgan fingerprint density at radius 1 is 0.967 bits per heavy atom. The summed E-state index contributed by atoms with van der Waals surface area (Å²) in [6.07, 6.45) is 7.27. The van der Waals surface area contributed by atoms with Crippen LogP contribution in [0.2, 0.25) is 0 Å². The average Bonchev–Trinajstić information content (AvgIpc) is 2.76. The summed E-state index contributed by atoms with van der Waals surface area (Å²) in [5, 5.41) is 9.14. The zero-order valence-electron chi connectivity index (χ0n) is 17.4. The van der Waals surface area contributed by atoms with Crippen LogP contribution >= 0.6 is 0 Å². The molecule has 2 amide bonds. The van der Waals surface area contributed by atoms with Crippen molar-refractivity contribution in [1.82, 2.24) is 9.80 Å². The number of hydrogen-bond acceptors (Lipinski definition) is 4. The first-order valence-electron chi connectivity index (χ1n) is 11.3. The number of nitriles is 1. The van der Waals surface area contributed by atoms with Crippen LogP contribution in [0.25, 0.3) is 0 Å². The molecule has 4 aliphatic carbocycles. The van der Waals surface area contributed by atoms with Gasteiger partial charge in [-0.05, 0) is 68.4 Å². The Kier molecular flexibility index (Phi) is 4.92. The van der Waals surface area contributed by atoms with Gasteiger partial charge in [0.05, 0.1) is 11.0 Å². The van der Waals surface area contributed by atoms with Crippen molar-refractivity contribution in [3.8, 4) is 11.8 Å². The summed E-state index contributed by atoms with van der Waals surface area (Å²) in [5.74, 6) is 2.98. The lowest BCUT2D eigenvalue weighted by molar-refractivity contribution is -0.160. The Morgan fingerprint density at radius 2 is 1.53 bits per heavy atom. The largest absolute Gasteiger partial charge is 0.482 e. The highest BCUT2D eigenvalue weighted by Gasteiger charge is 2.55. The fourth-order valence-corrected chi connectivity index (χ4v) is 6.78. The molecular weight excluding hydrogens is 378 g/mol. The third kappa shape index (κ3) is 3.45. The Labute approximate surface area is 177 Å². The molecule has 1 aliphatic heterocycles. The molecular formula is C24H29N3O3. The van der Waals surface area contributed by atoms with E-state index in [-0.39, 0.29) is 17.9 Å². The van der Waals surface area contributed by atoms with Crippen molar-refractivity contribution in [3.63, 3.8) is 0 Å². The zero-order chi connectivity index (χ0) is 20.7. The predicted octanol–water partition coefficient (Wildman–Crippen LogP) is 2.82. The molecule has 1 aromatic rings. The molecule has 158 valence electrons. The number of carbonyl (C=O) groups excluding carboxylic acids is 2. The quantitative estimate of drug-likeness (QED) is 0.769. The standard InChI is InChI=1S/C24H29N3O3/c25-15-20-3-1-2-4-21(20)30-16-22(28)26-5-7-27(8-6-26)23(29)24-12-17-9-18(13-24)11-19(10-17)14-24/h1-4,17-19H,5-14,16H2. The van der Waals surface area contributed by atoms with Crippen molar-refractivity contribution in [2.24, 2.45) is 23.2 Å². The van der Waals surface area contributed by atoms with Gasteiger partial charge in [-0.1, -0.05) is 12.1 Å². The molecule has 5 fully saturated rings. The van der Waals surface area contributed by atoms with Crippen molar-refractivity contribution in [2.75, 3.05) is 32.8 Å². The molecule has 1 aromatic carbocycles. The molecule has 0 spiro atoms. The van der Waals surface area contributed by atoms with E-state index < -0.39 is 0 Å². The minimum Gasteiger partial charge on any atom is -0.482 e. The van der Waals surface area contributed by atoms with E-state index in [1.165, 1.54) is 19.3 Å². The van der Waals surface area contributed by atoms with Crippen molar-refractivity contribution >= 4 is 11.8 Å². The maximum atomic E-state index is 13.5. The van der Waals surface area contributed by atoms with Crippen LogP contribution in [0.1, 0.15) is 44.1 Å². The van der Waals surface area contributed by atoms with E-state index in [9.17, 15) is 9.59 Å². The summed E-state index contributed by atoms with van der Waals surface area (Å²) in [4.78, 5) is 29.9. The smallest absolute Gasteiger partial charge is 0.260 e. The number of carbonyl (C=O) groups is 2. The molecule has 6 nitrogen and oxygen atoms in total. The van der Waals surface area contributed by atoms with Gasteiger partial charge in [-0.15, -0.1) is 0 Å². The minimum atomic E-state index is -0.106. The highest BCUT2D eigenvalue weighted by atomic mass is 16.5.